The lowest BCUT2D eigenvalue weighted by Gasteiger charge is -2.07. The van der Waals surface area contributed by atoms with E-state index in [2.05, 4.69) is 36.4 Å². The van der Waals surface area contributed by atoms with E-state index in [0.717, 1.165) is 5.69 Å². The lowest BCUT2D eigenvalue weighted by molar-refractivity contribution is 0.412. The van der Waals surface area contributed by atoms with Crippen molar-refractivity contribution in [2.75, 3.05) is 5.43 Å². The van der Waals surface area contributed by atoms with E-state index in [1.165, 1.54) is 0 Å². The van der Waals surface area contributed by atoms with E-state index >= 15 is 0 Å². The Morgan fingerprint density at radius 3 is 2.88 bits per heavy atom. The van der Waals surface area contributed by atoms with Gasteiger partial charge in [0.1, 0.15) is 0 Å². The standard InChI is InChI=1S/C9H11BrN6O/c1-5-3-7(16(2)15-5)17-8-6(10)4-12-9(13-8)14-11/h3-4H,11H2,1-2H3,(H,12,13,14). The van der Waals surface area contributed by atoms with Crippen LogP contribution >= 0.6 is 15.9 Å². The molecule has 2 aromatic heterocycles. The van der Waals surface area contributed by atoms with Crippen LogP contribution in [0.15, 0.2) is 16.7 Å². The number of ether oxygens (including phenoxy) is 1. The Hall–Kier alpha value is -1.67. The van der Waals surface area contributed by atoms with Gasteiger partial charge >= 0.3 is 0 Å². The summed E-state index contributed by atoms with van der Waals surface area (Å²) in [6, 6.07) is 1.81. The Bertz CT molecular complexity index is 540. The van der Waals surface area contributed by atoms with E-state index in [9.17, 15) is 0 Å². The van der Waals surface area contributed by atoms with Crippen LogP contribution in [0.25, 0.3) is 0 Å². The summed E-state index contributed by atoms with van der Waals surface area (Å²) in [5.41, 5.74) is 3.22. The van der Waals surface area contributed by atoms with Crippen LogP contribution in [0.1, 0.15) is 5.69 Å². The molecular weight excluding hydrogens is 288 g/mol. The molecule has 0 unspecified atom stereocenters. The average molecular weight is 299 g/mol. The van der Waals surface area contributed by atoms with Gasteiger partial charge < -0.3 is 4.74 Å². The van der Waals surface area contributed by atoms with Crippen LogP contribution in [0.4, 0.5) is 5.95 Å². The molecule has 0 saturated carbocycles. The molecule has 17 heavy (non-hydrogen) atoms. The smallest absolute Gasteiger partial charge is 0.240 e. The monoisotopic (exact) mass is 298 g/mol. The minimum absolute atomic E-state index is 0.280. The SMILES string of the molecule is Cc1cc(Oc2nc(NN)ncc2Br)n(C)n1. The van der Waals surface area contributed by atoms with Crippen molar-refractivity contribution in [3.63, 3.8) is 0 Å². The molecule has 0 bridgehead atoms. The molecule has 2 heterocycles. The fourth-order valence-electron chi connectivity index (χ4n) is 1.27. The number of rotatable bonds is 3. The number of hydrogen-bond donors (Lipinski definition) is 2. The van der Waals surface area contributed by atoms with Crippen molar-refractivity contribution in [2.45, 2.75) is 6.92 Å². The first-order chi connectivity index (χ1) is 8.10. The second kappa shape index (κ2) is 4.68. The van der Waals surface area contributed by atoms with Crippen LogP contribution in [0.2, 0.25) is 0 Å². The lowest BCUT2D eigenvalue weighted by atomic mass is 10.5. The molecule has 0 aliphatic rings. The average Bonchev–Trinajstić information content (AvgIpc) is 2.60. The summed E-state index contributed by atoms with van der Waals surface area (Å²) in [6.07, 6.45) is 1.56. The molecule has 0 atom stereocenters. The van der Waals surface area contributed by atoms with E-state index in [1.54, 1.807) is 17.9 Å². The van der Waals surface area contributed by atoms with Crippen LogP contribution in [0, 0.1) is 6.92 Å². The Labute approximate surface area is 106 Å². The third-order valence-electron chi connectivity index (χ3n) is 2.00. The van der Waals surface area contributed by atoms with Gasteiger partial charge in [0, 0.05) is 13.1 Å². The van der Waals surface area contributed by atoms with Gasteiger partial charge in [-0.25, -0.2) is 15.5 Å². The van der Waals surface area contributed by atoms with Crippen LogP contribution in [0.5, 0.6) is 11.8 Å². The summed E-state index contributed by atoms with van der Waals surface area (Å²) in [4.78, 5) is 8.01. The topological polar surface area (TPSA) is 90.9 Å². The Kier molecular flexibility index (Phi) is 3.25. The number of hydrogen-bond acceptors (Lipinski definition) is 6. The van der Waals surface area contributed by atoms with Crippen LogP contribution in [0.3, 0.4) is 0 Å². The summed E-state index contributed by atoms with van der Waals surface area (Å²) in [5, 5.41) is 4.17. The molecule has 2 rings (SSSR count). The van der Waals surface area contributed by atoms with E-state index in [-0.39, 0.29) is 5.95 Å². The molecule has 3 N–H and O–H groups in total. The number of nitrogens with zero attached hydrogens (tertiary/aromatic N) is 4. The highest BCUT2D eigenvalue weighted by atomic mass is 79.9. The summed E-state index contributed by atoms with van der Waals surface area (Å²) < 4.78 is 7.87. The molecule has 7 nitrogen and oxygen atoms in total. The number of nitrogens with two attached hydrogens (primary N) is 1. The zero-order valence-electron chi connectivity index (χ0n) is 9.31. The maximum absolute atomic E-state index is 5.61. The largest absolute Gasteiger partial charge is 0.420 e. The molecule has 0 amide bonds. The second-order valence-corrected chi connectivity index (χ2v) is 4.19. The van der Waals surface area contributed by atoms with E-state index in [4.69, 9.17) is 10.6 Å². The lowest BCUT2D eigenvalue weighted by Crippen LogP contribution is -2.10. The maximum atomic E-state index is 5.61. The van der Waals surface area contributed by atoms with Gasteiger partial charge in [-0.15, -0.1) is 0 Å². The highest BCUT2D eigenvalue weighted by molar-refractivity contribution is 9.10. The first kappa shape index (κ1) is 11.8. The second-order valence-electron chi connectivity index (χ2n) is 3.34. The quantitative estimate of drug-likeness (QED) is 0.657. The molecular formula is C9H11BrN6O. The van der Waals surface area contributed by atoms with Gasteiger partial charge in [0.25, 0.3) is 0 Å². The number of hydrazine groups is 1. The highest BCUT2D eigenvalue weighted by Crippen LogP contribution is 2.27. The number of nitrogens with one attached hydrogen (secondary N) is 1. The molecule has 90 valence electrons. The van der Waals surface area contributed by atoms with Gasteiger partial charge in [-0.1, -0.05) is 0 Å². The Morgan fingerprint density at radius 2 is 2.29 bits per heavy atom. The summed E-state index contributed by atoms with van der Waals surface area (Å²) >= 11 is 3.30. The maximum Gasteiger partial charge on any atom is 0.240 e. The predicted octanol–water partition coefficient (Wildman–Crippen LogP) is 1.36. The van der Waals surface area contributed by atoms with Crippen LogP contribution in [-0.4, -0.2) is 19.7 Å². The molecule has 0 aliphatic carbocycles. The molecule has 0 aliphatic heterocycles. The van der Waals surface area contributed by atoms with Crippen LogP contribution < -0.4 is 16.0 Å². The van der Waals surface area contributed by atoms with Gasteiger partial charge in [-0.05, 0) is 22.9 Å². The minimum atomic E-state index is 0.280. The third-order valence-corrected chi connectivity index (χ3v) is 2.55. The highest BCUT2D eigenvalue weighted by Gasteiger charge is 2.10. The van der Waals surface area contributed by atoms with Crippen molar-refractivity contribution in [3.8, 4) is 11.8 Å². The van der Waals surface area contributed by atoms with Gasteiger partial charge in [0.05, 0.1) is 16.4 Å². The van der Waals surface area contributed by atoms with Crippen molar-refractivity contribution in [3.05, 3.63) is 22.4 Å². The Morgan fingerprint density at radius 1 is 1.53 bits per heavy atom. The third kappa shape index (κ3) is 2.53. The van der Waals surface area contributed by atoms with Crippen molar-refractivity contribution < 1.29 is 4.74 Å². The first-order valence-electron chi connectivity index (χ1n) is 4.78. The molecule has 0 radical (unpaired) electrons. The van der Waals surface area contributed by atoms with Gasteiger partial charge in [-0.3, -0.25) is 5.43 Å². The molecule has 0 saturated heterocycles. The number of aryl methyl sites for hydroxylation is 2. The minimum Gasteiger partial charge on any atom is -0.420 e. The molecule has 0 spiro atoms. The Balaban J connectivity index is 2.32. The summed E-state index contributed by atoms with van der Waals surface area (Å²) in [7, 11) is 1.79. The molecule has 0 aromatic carbocycles. The van der Waals surface area contributed by atoms with E-state index < -0.39 is 0 Å². The fraction of sp³-hybridized carbons (Fsp3) is 0.222. The van der Waals surface area contributed by atoms with E-state index in [0.29, 0.717) is 16.2 Å². The van der Waals surface area contributed by atoms with Gasteiger partial charge in [-0.2, -0.15) is 10.1 Å². The zero-order valence-corrected chi connectivity index (χ0v) is 10.9. The van der Waals surface area contributed by atoms with Crippen molar-refractivity contribution in [1.82, 2.24) is 19.7 Å². The van der Waals surface area contributed by atoms with E-state index in [1.807, 2.05) is 13.0 Å². The fourth-order valence-corrected chi connectivity index (χ4v) is 1.55. The summed E-state index contributed by atoms with van der Waals surface area (Å²) in [6.45, 7) is 1.88. The van der Waals surface area contributed by atoms with Crippen molar-refractivity contribution in [2.24, 2.45) is 12.9 Å². The van der Waals surface area contributed by atoms with Crippen LogP contribution in [-0.2, 0) is 7.05 Å². The van der Waals surface area contributed by atoms with Gasteiger partial charge in [0.15, 0.2) is 0 Å². The number of anilines is 1. The zero-order chi connectivity index (χ0) is 12.4. The van der Waals surface area contributed by atoms with Crippen molar-refractivity contribution in [1.29, 1.82) is 0 Å². The normalized spacial score (nSPS) is 10.4. The van der Waals surface area contributed by atoms with Crippen molar-refractivity contribution >= 4 is 21.9 Å². The first-order valence-corrected chi connectivity index (χ1v) is 5.57. The number of halogens is 1. The van der Waals surface area contributed by atoms with Gasteiger partial charge in [0.2, 0.25) is 17.7 Å². The molecule has 8 heteroatoms. The predicted molar refractivity (Wildman–Crippen MR) is 65.6 cm³/mol. The number of nitrogen functional groups attached to an aromatic ring is 1. The summed E-state index contributed by atoms with van der Waals surface area (Å²) in [5.74, 6) is 6.47. The number of aromatic nitrogens is 4. The molecule has 2 aromatic rings. The molecule has 0 fully saturated rings.